The molecule has 0 saturated carbocycles. The minimum atomic E-state index is -0.895. The molecule has 0 spiro atoms. The molecule has 0 aromatic heterocycles. The Bertz CT molecular complexity index is 2260. The smallest absolute Gasteiger partial charge is 0.250 e. The molecule has 6 unspecified atom stereocenters. The molecule has 14 nitrogen and oxygen atoms in total. The standard InChI is InChI=1S/C44H57N7O6.C9H13N/c1-28(31-17-9-8-10-18-31)47-42(55)39-26-33-20-14-16-24-38(33)51(39)44(57)36(49-41(54)30(3)46-5)22-12-7-6-11-21-35(48-40(53)29(2)45-4)43(56)50-34(27-52)25-32-19-13-15-23-37(32)50;1-8(10-2)9-6-4-3-5-7-9/h8-10,13-20,23-24,27-30,34-36,39,45-46H,6-7,11-12,21-22,25-26H2,1-5H3,(H,47,55)(H,48,53)(H,49,54);3-8,10H,1-2H3/t28?,29-,30-,34?,35?,36?,39?;/m0./s1. The number of hydrogen-bond donors (Lipinski definition) is 6. The first-order chi connectivity index (χ1) is 32.3. The van der Waals surface area contributed by atoms with Crippen LogP contribution in [0.15, 0.2) is 109 Å². The Morgan fingerprint density at radius 3 is 1.45 bits per heavy atom. The lowest BCUT2D eigenvalue weighted by Crippen LogP contribution is -2.56. The van der Waals surface area contributed by atoms with Crippen molar-refractivity contribution in [3.8, 4) is 0 Å². The van der Waals surface area contributed by atoms with Crippen LogP contribution in [-0.4, -0.2) is 93.2 Å². The highest BCUT2D eigenvalue weighted by molar-refractivity contribution is 6.07. The number of carbonyl (C=O) groups excluding carboxylic acids is 6. The topological polar surface area (TPSA) is 181 Å². The Morgan fingerprint density at radius 2 is 0.970 bits per heavy atom. The molecule has 0 bridgehead atoms. The summed E-state index contributed by atoms with van der Waals surface area (Å²) >= 11 is 0. The summed E-state index contributed by atoms with van der Waals surface area (Å²) < 4.78 is 0. The lowest BCUT2D eigenvalue weighted by molar-refractivity contribution is -0.130. The molecule has 0 saturated heterocycles. The fraction of sp³-hybridized carbons (Fsp3) is 0.434. The molecule has 6 N–H and O–H groups in total. The van der Waals surface area contributed by atoms with E-state index in [1.807, 2.05) is 98.9 Å². The number of unbranched alkanes of at least 4 members (excludes halogenated alkanes) is 3. The lowest BCUT2D eigenvalue weighted by atomic mass is 10.0. The van der Waals surface area contributed by atoms with Crippen LogP contribution in [0.2, 0.25) is 0 Å². The van der Waals surface area contributed by atoms with Gasteiger partial charge in [-0.2, -0.15) is 0 Å². The average Bonchev–Trinajstić information content (AvgIpc) is 3.95. The van der Waals surface area contributed by atoms with E-state index in [1.165, 1.54) is 10.5 Å². The van der Waals surface area contributed by atoms with Gasteiger partial charge < -0.3 is 36.7 Å². The van der Waals surface area contributed by atoms with E-state index in [-0.39, 0.29) is 35.6 Å². The fourth-order valence-corrected chi connectivity index (χ4v) is 8.47. The van der Waals surface area contributed by atoms with Crippen LogP contribution in [0, 0.1) is 0 Å². The van der Waals surface area contributed by atoms with Crippen molar-refractivity contribution < 1.29 is 28.8 Å². The van der Waals surface area contributed by atoms with Crippen molar-refractivity contribution in [2.24, 2.45) is 0 Å². The maximum absolute atomic E-state index is 14.6. The number of fused-ring (bicyclic) bond motifs is 2. The molecule has 5 amide bonds. The van der Waals surface area contributed by atoms with Crippen molar-refractivity contribution in [1.82, 2.24) is 31.9 Å². The first-order valence-corrected chi connectivity index (χ1v) is 23.6. The van der Waals surface area contributed by atoms with Crippen LogP contribution in [0.25, 0.3) is 0 Å². The number of likely N-dealkylation sites (N-methyl/N-ethyl adjacent to an activating group) is 2. The predicted octanol–water partition coefficient (Wildman–Crippen LogP) is 5.47. The van der Waals surface area contributed by atoms with Gasteiger partial charge in [0.25, 0.3) is 0 Å². The number of para-hydroxylation sites is 2. The summed E-state index contributed by atoms with van der Waals surface area (Å²) in [6.07, 6.45) is 4.78. The lowest BCUT2D eigenvalue weighted by Gasteiger charge is -2.30. The summed E-state index contributed by atoms with van der Waals surface area (Å²) in [4.78, 5) is 83.8. The van der Waals surface area contributed by atoms with Gasteiger partial charge in [0.15, 0.2) is 0 Å². The quantitative estimate of drug-likeness (QED) is 0.0467. The van der Waals surface area contributed by atoms with Gasteiger partial charge in [-0.25, -0.2) is 0 Å². The first kappa shape index (κ1) is 51.8. The molecule has 2 aliphatic rings. The molecular weight excluding hydrogens is 845 g/mol. The van der Waals surface area contributed by atoms with Gasteiger partial charge in [-0.1, -0.05) is 123 Å². The van der Waals surface area contributed by atoms with E-state index < -0.39 is 36.3 Å². The summed E-state index contributed by atoms with van der Waals surface area (Å²) in [5.74, 6) is -1.60. The molecule has 0 radical (unpaired) electrons. The number of hydrogen-bond acceptors (Lipinski definition) is 9. The van der Waals surface area contributed by atoms with Crippen LogP contribution in [0.3, 0.4) is 0 Å². The van der Waals surface area contributed by atoms with Crippen molar-refractivity contribution in [1.29, 1.82) is 0 Å². The van der Waals surface area contributed by atoms with Gasteiger partial charge in [-0.3, -0.25) is 33.8 Å². The molecular formula is C53H70N8O6. The first-order valence-electron chi connectivity index (χ1n) is 23.6. The number of aldehydes is 1. The average molecular weight is 915 g/mol. The predicted molar refractivity (Wildman–Crippen MR) is 264 cm³/mol. The zero-order valence-electron chi connectivity index (χ0n) is 40.1. The summed E-state index contributed by atoms with van der Waals surface area (Å²) in [6.45, 7) is 7.49. The summed E-state index contributed by atoms with van der Waals surface area (Å²) in [6, 6.07) is 30.9. The maximum Gasteiger partial charge on any atom is 0.250 e. The van der Waals surface area contributed by atoms with Crippen molar-refractivity contribution >= 4 is 47.2 Å². The maximum atomic E-state index is 14.6. The highest BCUT2D eigenvalue weighted by atomic mass is 16.2. The van der Waals surface area contributed by atoms with E-state index >= 15 is 0 Å². The van der Waals surface area contributed by atoms with E-state index in [9.17, 15) is 28.8 Å². The van der Waals surface area contributed by atoms with Crippen molar-refractivity contribution in [3.63, 3.8) is 0 Å². The van der Waals surface area contributed by atoms with E-state index in [0.717, 1.165) is 23.0 Å². The van der Waals surface area contributed by atoms with Crippen molar-refractivity contribution in [2.75, 3.05) is 30.9 Å². The molecule has 2 aliphatic heterocycles. The molecule has 4 aromatic rings. The number of amides is 5. The van der Waals surface area contributed by atoms with E-state index in [2.05, 4.69) is 63.1 Å². The minimum Gasteiger partial charge on any atom is -0.348 e. The molecule has 0 fully saturated rings. The molecule has 0 aliphatic carbocycles. The highest BCUT2D eigenvalue weighted by Gasteiger charge is 2.42. The van der Waals surface area contributed by atoms with Crippen molar-refractivity contribution in [3.05, 3.63) is 131 Å². The largest absolute Gasteiger partial charge is 0.348 e. The SMILES string of the molecule is CNC(C)c1ccccc1.CN[C@@H](C)C(=O)NC(CCCCCCC(NC(=O)[C@H](C)NC)C(=O)N1c2ccccc2CC1C(=O)NC(C)c1ccccc1)C(=O)N1c2ccccc2CC1C=O. The fourth-order valence-electron chi connectivity index (χ4n) is 8.47. The number of anilines is 2. The van der Waals surface area contributed by atoms with Gasteiger partial charge in [0.05, 0.1) is 24.2 Å². The second-order valence-corrected chi connectivity index (χ2v) is 17.5. The second kappa shape index (κ2) is 25.6. The van der Waals surface area contributed by atoms with E-state index in [4.69, 9.17) is 0 Å². The Balaban J connectivity index is 0.000000743. The van der Waals surface area contributed by atoms with Crippen molar-refractivity contribution in [2.45, 2.75) is 127 Å². The normalized spacial score (nSPS) is 17.5. The number of benzene rings is 4. The second-order valence-electron chi connectivity index (χ2n) is 17.5. The van der Waals surface area contributed by atoms with Gasteiger partial charge >= 0.3 is 0 Å². The van der Waals surface area contributed by atoms with Gasteiger partial charge in [0.1, 0.15) is 24.4 Å². The van der Waals surface area contributed by atoms with Crippen LogP contribution in [0.1, 0.15) is 101 Å². The van der Waals surface area contributed by atoms with E-state index in [0.29, 0.717) is 68.8 Å². The summed E-state index contributed by atoms with van der Waals surface area (Å²) in [5.41, 5.74) is 5.40. The molecule has 6 rings (SSSR count). The Hall–Kier alpha value is -6.22. The van der Waals surface area contributed by atoms with Gasteiger partial charge in [0, 0.05) is 30.3 Å². The third kappa shape index (κ3) is 13.7. The van der Waals surface area contributed by atoms with Crippen LogP contribution in [0.5, 0.6) is 0 Å². The van der Waals surface area contributed by atoms with Crippen LogP contribution in [-0.2, 0) is 41.6 Å². The van der Waals surface area contributed by atoms with Gasteiger partial charge in [0.2, 0.25) is 29.5 Å². The highest BCUT2D eigenvalue weighted by Crippen LogP contribution is 2.34. The number of nitrogens with one attached hydrogen (secondary N) is 6. The Labute approximate surface area is 396 Å². The number of nitrogens with zero attached hydrogens (tertiary/aromatic N) is 2. The molecule has 14 heteroatoms. The van der Waals surface area contributed by atoms with Gasteiger partial charge in [-0.15, -0.1) is 0 Å². The molecule has 2 heterocycles. The Morgan fingerprint density at radius 1 is 0.537 bits per heavy atom. The third-order valence-corrected chi connectivity index (χ3v) is 12.9. The van der Waals surface area contributed by atoms with Crippen LogP contribution < -0.4 is 41.7 Å². The zero-order valence-corrected chi connectivity index (χ0v) is 40.1. The monoisotopic (exact) mass is 915 g/mol. The minimum absolute atomic E-state index is 0.276. The molecule has 67 heavy (non-hydrogen) atoms. The number of rotatable bonds is 21. The third-order valence-electron chi connectivity index (χ3n) is 12.9. The van der Waals surface area contributed by atoms with Crippen LogP contribution >= 0.6 is 0 Å². The zero-order chi connectivity index (χ0) is 48.5. The van der Waals surface area contributed by atoms with E-state index in [1.54, 1.807) is 32.8 Å². The molecule has 4 aromatic carbocycles. The summed E-state index contributed by atoms with van der Waals surface area (Å²) in [7, 11) is 5.31. The number of carbonyl (C=O) groups is 6. The Kier molecular flexibility index (Phi) is 19.8. The molecule has 8 atom stereocenters. The van der Waals surface area contributed by atoms with Gasteiger partial charge in [-0.05, 0) is 96.1 Å². The molecule has 358 valence electrons. The summed E-state index contributed by atoms with van der Waals surface area (Å²) in [5, 5.41) is 18.0. The van der Waals surface area contributed by atoms with Crippen LogP contribution in [0.4, 0.5) is 11.4 Å².